The number of hydrogen-bond acceptors (Lipinski definition) is 5. The van der Waals surface area contributed by atoms with Gasteiger partial charge in [-0.2, -0.15) is 0 Å². The number of rotatable bonds is 6. The summed E-state index contributed by atoms with van der Waals surface area (Å²) in [6.45, 7) is 5.09. The van der Waals surface area contributed by atoms with E-state index in [9.17, 15) is 0 Å². The number of benzene rings is 1. The van der Waals surface area contributed by atoms with Crippen LogP contribution >= 0.6 is 0 Å². The van der Waals surface area contributed by atoms with Gasteiger partial charge in [-0.05, 0) is 55.6 Å². The quantitative estimate of drug-likeness (QED) is 0.712. The molecule has 0 saturated carbocycles. The second-order valence-electron chi connectivity index (χ2n) is 8.38. The van der Waals surface area contributed by atoms with Gasteiger partial charge in [0, 0.05) is 43.7 Å². The molecule has 0 radical (unpaired) electrons. The molecule has 0 bridgehead atoms. The van der Waals surface area contributed by atoms with Crippen LogP contribution in [0, 0.1) is 0 Å². The molecule has 5 nitrogen and oxygen atoms in total. The molecule has 1 saturated heterocycles. The Morgan fingerprint density at radius 1 is 1.03 bits per heavy atom. The maximum Gasteiger partial charge on any atom is 0.152 e. The smallest absolute Gasteiger partial charge is 0.152 e. The molecule has 4 aliphatic rings. The van der Waals surface area contributed by atoms with Gasteiger partial charge in [0.1, 0.15) is 12.4 Å². The molecule has 3 heterocycles. The van der Waals surface area contributed by atoms with Crippen molar-refractivity contribution in [1.82, 2.24) is 14.9 Å². The molecule has 1 aromatic carbocycles. The van der Waals surface area contributed by atoms with E-state index in [1.165, 1.54) is 43.5 Å². The first-order valence-corrected chi connectivity index (χ1v) is 11.1. The third-order valence-electron chi connectivity index (χ3n) is 6.26. The minimum atomic E-state index is 0.753. The van der Waals surface area contributed by atoms with Gasteiger partial charge in [0.25, 0.3) is 0 Å². The average Bonchev–Trinajstić information content (AvgIpc) is 3.43. The number of hydrogen-bond donors (Lipinski definition) is 0. The Morgan fingerprint density at radius 2 is 1.87 bits per heavy atom. The molecule has 5 rings (SSSR count). The summed E-state index contributed by atoms with van der Waals surface area (Å²) in [6.07, 6.45) is 15.9. The molecule has 0 N–H and O–H groups in total. The van der Waals surface area contributed by atoms with Crippen LogP contribution in [-0.4, -0.2) is 61.0 Å². The van der Waals surface area contributed by atoms with Crippen LogP contribution in [0.25, 0.3) is 5.57 Å². The number of nitrogens with zero attached hydrogens (tertiary/aromatic N) is 4. The molecule has 0 aromatic heterocycles. The molecule has 3 aliphatic heterocycles. The molecular formula is C25H30N4O. The van der Waals surface area contributed by atoms with Crippen LogP contribution in [0.2, 0.25) is 0 Å². The van der Waals surface area contributed by atoms with Gasteiger partial charge in [-0.3, -0.25) is 9.91 Å². The first-order valence-electron chi connectivity index (χ1n) is 11.1. The van der Waals surface area contributed by atoms with E-state index in [0.29, 0.717) is 0 Å². The summed E-state index contributed by atoms with van der Waals surface area (Å²) in [5, 5.41) is 4.38. The van der Waals surface area contributed by atoms with E-state index in [4.69, 9.17) is 9.73 Å². The number of likely N-dealkylation sites (tertiary alicyclic amines) is 1. The molecule has 156 valence electrons. The summed E-state index contributed by atoms with van der Waals surface area (Å²) in [5.74, 6) is 1.97. The highest BCUT2D eigenvalue weighted by Gasteiger charge is 2.29. The predicted octanol–water partition coefficient (Wildman–Crippen LogP) is 4.24. The van der Waals surface area contributed by atoms with Crippen LogP contribution in [0.5, 0.6) is 5.75 Å². The Kier molecular flexibility index (Phi) is 5.56. The van der Waals surface area contributed by atoms with Crippen molar-refractivity contribution in [2.45, 2.75) is 25.7 Å². The van der Waals surface area contributed by atoms with Crippen molar-refractivity contribution >= 4 is 11.8 Å². The van der Waals surface area contributed by atoms with Crippen molar-refractivity contribution in [1.29, 1.82) is 0 Å². The average molecular weight is 403 g/mol. The summed E-state index contributed by atoms with van der Waals surface area (Å²) in [5.41, 5.74) is 4.88. The summed E-state index contributed by atoms with van der Waals surface area (Å²) in [6, 6.07) is 8.39. The predicted molar refractivity (Wildman–Crippen MR) is 122 cm³/mol. The highest BCUT2D eigenvalue weighted by Crippen LogP contribution is 2.34. The molecule has 1 aromatic rings. The molecular weight excluding hydrogens is 372 g/mol. The molecule has 0 amide bonds. The SMILES string of the molecule is CN1CC(C2=CCC=C2)=C2N=CC(c3ccc(OCCN4CCCCC4)cc3)=CN21. The van der Waals surface area contributed by atoms with Crippen molar-refractivity contribution in [2.24, 2.45) is 4.99 Å². The Hall–Kier alpha value is -2.63. The maximum absolute atomic E-state index is 5.97. The molecule has 1 aliphatic carbocycles. The number of ether oxygens (including phenoxy) is 1. The largest absolute Gasteiger partial charge is 0.492 e. The van der Waals surface area contributed by atoms with Gasteiger partial charge >= 0.3 is 0 Å². The minimum absolute atomic E-state index is 0.753. The number of aliphatic imine (C=N–C) groups is 1. The summed E-state index contributed by atoms with van der Waals surface area (Å²) >= 11 is 0. The van der Waals surface area contributed by atoms with E-state index in [-0.39, 0.29) is 0 Å². The van der Waals surface area contributed by atoms with Gasteiger partial charge in [-0.15, -0.1) is 0 Å². The fraction of sp³-hybridized carbons (Fsp3) is 0.400. The van der Waals surface area contributed by atoms with Crippen LogP contribution in [0.3, 0.4) is 0 Å². The van der Waals surface area contributed by atoms with E-state index in [0.717, 1.165) is 48.8 Å². The van der Waals surface area contributed by atoms with E-state index in [1.807, 2.05) is 6.21 Å². The Bertz CT molecular complexity index is 932. The second kappa shape index (κ2) is 8.62. The first kappa shape index (κ1) is 19.3. The normalized spacial score (nSPS) is 21.8. The molecule has 0 atom stereocenters. The highest BCUT2D eigenvalue weighted by atomic mass is 16.5. The number of likely N-dealkylation sites (N-methyl/N-ethyl adjacent to an activating group) is 1. The lowest BCUT2D eigenvalue weighted by Crippen LogP contribution is -2.33. The number of fused-ring (bicyclic) bond motifs is 1. The molecule has 0 spiro atoms. The molecule has 1 fully saturated rings. The lowest BCUT2D eigenvalue weighted by molar-refractivity contribution is 0.127. The lowest BCUT2D eigenvalue weighted by atomic mass is 10.1. The molecule has 5 heteroatoms. The Morgan fingerprint density at radius 3 is 2.63 bits per heavy atom. The minimum Gasteiger partial charge on any atom is -0.492 e. The number of hydrazine groups is 1. The van der Waals surface area contributed by atoms with Gasteiger partial charge in [0.2, 0.25) is 0 Å². The van der Waals surface area contributed by atoms with Crippen LogP contribution < -0.4 is 4.74 Å². The zero-order chi connectivity index (χ0) is 20.3. The van der Waals surface area contributed by atoms with E-state index < -0.39 is 0 Å². The monoisotopic (exact) mass is 402 g/mol. The zero-order valence-electron chi connectivity index (χ0n) is 17.8. The first-order chi connectivity index (χ1) is 14.8. The zero-order valence-corrected chi connectivity index (χ0v) is 17.8. The summed E-state index contributed by atoms with van der Waals surface area (Å²) in [7, 11) is 2.11. The van der Waals surface area contributed by atoms with Crippen LogP contribution in [0.15, 0.2) is 70.7 Å². The van der Waals surface area contributed by atoms with E-state index in [1.54, 1.807) is 0 Å². The van der Waals surface area contributed by atoms with Crippen molar-refractivity contribution in [3.63, 3.8) is 0 Å². The van der Waals surface area contributed by atoms with Crippen molar-refractivity contribution in [3.8, 4) is 5.75 Å². The van der Waals surface area contributed by atoms with Crippen molar-refractivity contribution in [3.05, 3.63) is 71.2 Å². The molecule has 0 unspecified atom stereocenters. The fourth-order valence-electron chi connectivity index (χ4n) is 4.54. The third kappa shape index (κ3) is 4.00. The van der Waals surface area contributed by atoms with Gasteiger partial charge in [-0.25, -0.2) is 10.0 Å². The topological polar surface area (TPSA) is 31.3 Å². The molecule has 30 heavy (non-hydrogen) atoms. The fourth-order valence-corrected chi connectivity index (χ4v) is 4.54. The van der Waals surface area contributed by atoms with Gasteiger partial charge < -0.3 is 4.74 Å². The van der Waals surface area contributed by atoms with Gasteiger partial charge in [-0.1, -0.05) is 36.8 Å². The number of piperidine rings is 1. The summed E-state index contributed by atoms with van der Waals surface area (Å²) < 4.78 is 5.97. The van der Waals surface area contributed by atoms with Gasteiger partial charge in [0.05, 0.1) is 0 Å². The van der Waals surface area contributed by atoms with Crippen molar-refractivity contribution < 1.29 is 4.74 Å². The van der Waals surface area contributed by atoms with Gasteiger partial charge in [0.15, 0.2) is 5.82 Å². The van der Waals surface area contributed by atoms with Crippen molar-refractivity contribution in [2.75, 3.05) is 39.8 Å². The standard InChI is InChI=1S/C25H30N4O/c1-27-19-24(21-7-3-4-8-21)25-26-17-22(18-29(25)27)20-9-11-23(12-10-20)30-16-15-28-13-5-2-6-14-28/h3,7-12,17-18H,2,4-6,13-16,19H2,1H3. The Labute approximate surface area is 179 Å². The van der Waals surface area contributed by atoms with Crippen LogP contribution in [-0.2, 0) is 0 Å². The lowest BCUT2D eigenvalue weighted by Gasteiger charge is -2.27. The van der Waals surface area contributed by atoms with E-state index in [2.05, 4.69) is 70.7 Å². The van der Waals surface area contributed by atoms with E-state index >= 15 is 0 Å². The Balaban J connectivity index is 1.23. The summed E-state index contributed by atoms with van der Waals surface area (Å²) in [4.78, 5) is 7.31. The third-order valence-corrected chi connectivity index (χ3v) is 6.26. The van der Waals surface area contributed by atoms with Crippen LogP contribution in [0.4, 0.5) is 0 Å². The second-order valence-corrected chi connectivity index (χ2v) is 8.38. The highest BCUT2D eigenvalue weighted by molar-refractivity contribution is 6.10. The van der Waals surface area contributed by atoms with Crippen LogP contribution in [0.1, 0.15) is 31.2 Å². The maximum atomic E-state index is 5.97. The number of allylic oxidation sites excluding steroid dienone is 4.